The van der Waals surface area contributed by atoms with Crippen LogP contribution in [0.2, 0.25) is 0 Å². The molecule has 0 atom stereocenters. The van der Waals surface area contributed by atoms with Crippen molar-refractivity contribution >= 4 is 20.2 Å². The van der Waals surface area contributed by atoms with Gasteiger partial charge >= 0.3 is 0 Å². The van der Waals surface area contributed by atoms with E-state index in [-0.39, 0.29) is 0 Å². The van der Waals surface area contributed by atoms with Gasteiger partial charge in [0.25, 0.3) is 0 Å². The van der Waals surface area contributed by atoms with Gasteiger partial charge in [-0.05, 0) is 6.08 Å². The SMILES string of the molecule is C1=C\OOS[Si]\C=C/1. The smallest absolute Gasteiger partial charge is 0.199 e. The van der Waals surface area contributed by atoms with Gasteiger partial charge in [-0.15, -0.1) is 4.33 Å². The maximum absolute atomic E-state index is 4.57. The first-order chi connectivity index (χ1) is 4.00. The lowest BCUT2D eigenvalue weighted by atomic mass is 10.6. The van der Waals surface area contributed by atoms with E-state index < -0.39 is 0 Å². The maximum Gasteiger partial charge on any atom is 0.199 e. The molecule has 1 rings (SSSR count). The molecule has 0 fully saturated rings. The molecule has 0 aromatic heterocycles. The Hall–Kier alpha value is -0.193. The van der Waals surface area contributed by atoms with E-state index >= 15 is 0 Å². The summed E-state index contributed by atoms with van der Waals surface area (Å²) in [4.78, 5) is 4.51. The highest BCUT2D eigenvalue weighted by atomic mass is 32.4. The lowest BCUT2D eigenvalue weighted by molar-refractivity contribution is -0.127. The van der Waals surface area contributed by atoms with E-state index in [2.05, 4.69) is 9.22 Å². The van der Waals surface area contributed by atoms with Crippen LogP contribution in [0, 0.1) is 0 Å². The highest BCUT2D eigenvalue weighted by Gasteiger charge is 1.87. The third-order valence-corrected chi connectivity index (χ3v) is 2.00. The van der Waals surface area contributed by atoms with Crippen LogP contribution in [0.1, 0.15) is 0 Å². The minimum Gasteiger partial charge on any atom is -0.334 e. The monoisotopic (exact) mass is 144 g/mol. The molecule has 0 aromatic carbocycles. The highest BCUT2D eigenvalue weighted by molar-refractivity contribution is 8.19. The Kier molecular flexibility index (Phi) is 2.79. The molecule has 0 saturated carbocycles. The molecule has 42 valence electrons. The van der Waals surface area contributed by atoms with Gasteiger partial charge in [-0.2, -0.15) is 0 Å². The molecule has 0 amide bonds. The van der Waals surface area contributed by atoms with Crippen LogP contribution in [-0.2, 0) is 9.22 Å². The van der Waals surface area contributed by atoms with Crippen LogP contribution in [0.5, 0.6) is 0 Å². The van der Waals surface area contributed by atoms with Crippen LogP contribution in [0.25, 0.3) is 0 Å². The second-order valence-electron chi connectivity index (χ2n) is 1.05. The second-order valence-corrected chi connectivity index (χ2v) is 3.13. The van der Waals surface area contributed by atoms with Crippen molar-refractivity contribution in [3.05, 3.63) is 24.1 Å². The Labute approximate surface area is 54.2 Å². The first-order valence-corrected chi connectivity index (χ1v) is 4.61. The van der Waals surface area contributed by atoms with Gasteiger partial charge < -0.3 is 4.89 Å². The molecule has 1 aliphatic rings. The molecule has 0 bridgehead atoms. The van der Waals surface area contributed by atoms with Crippen molar-refractivity contribution in [2.45, 2.75) is 0 Å². The fraction of sp³-hybridized carbons (Fsp3) is 0. The van der Waals surface area contributed by atoms with Gasteiger partial charge in [-0.1, -0.05) is 11.8 Å². The normalized spacial score (nSPS) is 27.0. The second kappa shape index (κ2) is 3.77. The zero-order valence-electron chi connectivity index (χ0n) is 4.03. The van der Waals surface area contributed by atoms with Crippen LogP contribution in [0.3, 0.4) is 0 Å². The fourth-order valence-corrected chi connectivity index (χ4v) is 1.27. The van der Waals surface area contributed by atoms with E-state index in [1.807, 2.05) is 11.8 Å². The molecule has 1 heterocycles. The minimum absolute atomic E-state index is 0.628. The Morgan fingerprint density at radius 3 is 3.38 bits per heavy atom. The molecular weight excluding hydrogens is 140 g/mol. The van der Waals surface area contributed by atoms with Crippen LogP contribution < -0.4 is 0 Å². The summed E-state index contributed by atoms with van der Waals surface area (Å²) in [5.41, 5.74) is 2.02. The zero-order valence-corrected chi connectivity index (χ0v) is 5.85. The molecular formula is C4H4O2SSi. The number of rotatable bonds is 0. The van der Waals surface area contributed by atoms with Crippen molar-refractivity contribution in [3.63, 3.8) is 0 Å². The Balaban J connectivity index is 2.33. The molecule has 0 spiro atoms. The molecule has 2 nitrogen and oxygen atoms in total. The molecule has 8 heavy (non-hydrogen) atoms. The van der Waals surface area contributed by atoms with Crippen molar-refractivity contribution in [1.29, 1.82) is 0 Å². The first-order valence-electron chi connectivity index (χ1n) is 2.06. The quantitative estimate of drug-likeness (QED) is 0.289. The summed E-state index contributed by atoms with van der Waals surface area (Å²) < 4.78 is 4.57. The van der Waals surface area contributed by atoms with E-state index in [0.29, 0.717) is 8.67 Å². The van der Waals surface area contributed by atoms with Crippen LogP contribution in [0.4, 0.5) is 0 Å². The number of hydrogen-bond acceptors (Lipinski definition) is 3. The Bertz CT molecular complexity index is 98.6. The summed E-state index contributed by atoms with van der Waals surface area (Å²) in [6.07, 6.45) is 5.20. The van der Waals surface area contributed by atoms with Crippen molar-refractivity contribution in [1.82, 2.24) is 0 Å². The Morgan fingerprint density at radius 1 is 1.38 bits per heavy atom. The van der Waals surface area contributed by atoms with Crippen molar-refractivity contribution in [2.75, 3.05) is 0 Å². The number of allylic oxidation sites excluding steroid dienone is 2. The van der Waals surface area contributed by atoms with Crippen LogP contribution in [-0.4, -0.2) is 8.67 Å². The Morgan fingerprint density at radius 2 is 2.38 bits per heavy atom. The van der Waals surface area contributed by atoms with Crippen molar-refractivity contribution in [2.24, 2.45) is 0 Å². The molecule has 1 aliphatic heterocycles. The largest absolute Gasteiger partial charge is 0.334 e. The van der Waals surface area contributed by atoms with E-state index in [0.717, 1.165) is 0 Å². The molecule has 0 aliphatic carbocycles. The highest BCUT2D eigenvalue weighted by Crippen LogP contribution is 2.02. The topological polar surface area (TPSA) is 18.5 Å². The standard InChI is InChI=1S/C4H4O2SSi/c1-2-4-8-7-6-5-3-1/h1-4H/b3-1-,4-2-. The summed E-state index contributed by atoms with van der Waals surface area (Å²) in [5.74, 6) is 0. The third-order valence-electron chi connectivity index (χ3n) is 0.531. The predicted octanol–water partition coefficient (Wildman–Crippen LogP) is 1.24. The van der Waals surface area contributed by atoms with E-state index in [4.69, 9.17) is 0 Å². The number of hydrogen-bond donors (Lipinski definition) is 0. The van der Waals surface area contributed by atoms with Gasteiger partial charge in [0.05, 0.1) is 0 Å². The van der Waals surface area contributed by atoms with Crippen LogP contribution >= 0.6 is 11.5 Å². The van der Waals surface area contributed by atoms with Gasteiger partial charge in [0.1, 0.15) is 6.26 Å². The maximum atomic E-state index is 4.57. The summed E-state index contributed by atoms with van der Waals surface area (Å²) >= 11 is 1.30. The van der Waals surface area contributed by atoms with E-state index in [9.17, 15) is 0 Å². The fourth-order valence-electron chi connectivity index (χ4n) is 0.262. The van der Waals surface area contributed by atoms with Crippen molar-refractivity contribution < 1.29 is 9.22 Å². The van der Waals surface area contributed by atoms with Gasteiger partial charge in [0, 0.05) is 11.5 Å². The molecule has 0 aromatic rings. The van der Waals surface area contributed by atoms with E-state index in [1.165, 1.54) is 17.8 Å². The van der Waals surface area contributed by atoms with Gasteiger partial charge in [-0.3, -0.25) is 0 Å². The van der Waals surface area contributed by atoms with Gasteiger partial charge in [0.15, 0.2) is 8.67 Å². The lowest BCUT2D eigenvalue weighted by Crippen LogP contribution is -1.83. The molecule has 4 heteroatoms. The molecule has 0 unspecified atom stereocenters. The minimum atomic E-state index is 0.628. The zero-order chi connectivity index (χ0) is 5.66. The lowest BCUT2D eigenvalue weighted by Gasteiger charge is -1.95. The summed E-state index contributed by atoms with van der Waals surface area (Å²) in [6, 6.07) is 0. The first kappa shape index (κ1) is 5.93. The molecule has 0 saturated heterocycles. The van der Waals surface area contributed by atoms with Gasteiger partial charge in [-0.25, -0.2) is 0 Å². The van der Waals surface area contributed by atoms with Gasteiger partial charge in [0.2, 0.25) is 0 Å². The van der Waals surface area contributed by atoms with Crippen molar-refractivity contribution in [3.8, 4) is 0 Å². The predicted molar refractivity (Wildman–Crippen MR) is 33.8 cm³/mol. The average molecular weight is 144 g/mol. The average Bonchev–Trinajstić information content (AvgIpc) is 1.62. The third kappa shape index (κ3) is 2.20. The van der Waals surface area contributed by atoms with E-state index in [1.54, 1.807) is 6.08 Å². The molecule has 2 radical (unpaired) electrons. The summed E-state index contributed by atoms with van der Waals surface area (Å²) in [5, 5.41) is 0. The summed E-state index contributed by atoms with van der Waals surface area (Å²) in [7, 11) is 0.628. The summed E-state index contributed by atoms with van der Waals surface area (Å²) in [6.45, 7) is 0. The molecule has 0 N–H and O–H groups in total. The van der Waals surface area contributed by atoms with Crippen LogP contribution in [0.15, 0.2) is 24.1 Å².